The van der Waals surface area contributed by atoms with Gasteiger partial charge in [0, 0.05) is 6.61 Å². The molecule has 0 aromatic carbocycles. The lowest BCUT2D eigenvalue weighted by atomic mass is 10.2. The Bertz CT molecular complexity index is 252. The molecule has 5 heteroatoms. The summed E-state index contributed by atoms with van der Waals surface area (Å²) in [6, 6.07) is 0. The van der Waals surface area contributed by atoms with E-state index in [1.54, 1.807) is 6.92 Å². The summed E-state index contributed by atoms with van der Waals surface area (Å²) < 4.78 is 10.4. The van der Waals surface area contributed by atoms with Crippen molar-refractivity contribution in [1.82, 2.24) is 0 Å². The largest absolute Gasteiger partial charge is 0.481 e. The lowest BCUT2D eigenvalue weighted by Gasteiger charge is -2.18. The molecule has 0 rings (SSSR count). The van der Waals surface area contributed by atoms with E-state index in [4.69, 9.17) is 14.6 Å². The minimum Gasteiger partial charge on any atom is -0.481 e. The fraction of sp³-hybridized carbons (Fsp3) is 0.846. The molecule has 0 aliphatic heterocycles. The van der Waals surface area contributed by atoms with Crippen molar-refractivity contribution in [3.8, 4) is 0 Å². The first kappa shape index (κ1) is 16.9. The number of carbonyl (C=O) groups is 2. The van der Waals surface area contributed by atoms with E-state index < -0.39 is 18.0 Å². The van der Waals surface area contributed by atoms with Crippen LogP contribution in [0.2, 0.25) is 0 Å². The van der Waals surface area contributed by atoms with Gasteiger partial charge in [0.25, 0.3) is 0 Å². The number of esters is 1. The standard InChI is InChI=1S/C13H24O5/c1-4-6-8-17-11(9-12(14)15)13(16)18-10(3)7-5-2/h10-11H,4-9H2,1-3H3,(H,14,15). The van der Waals surface area contributed by atoms with Crippen LogP contribution in [-0.2, 0) is 19.1 Å². The number of hydrogen-bond donors (Lipinski definition) is 1. The van der Waals surface area contributed by atoms with Gasteiger partial charge in [0.2, 0.25) is 0 Å². The third kappa shape index (κ3) is 8.06. The van der Waals surface area contributed by atoms with Crippen LogP contribution < -0.4 is 0 Å². The van der Waals surface area contributed by atoms with E-state index in [1.807, 2.05) is 13.8 Å². The van der Waals surface area contributed by atoms with E-state index in [2.05, 4.69) is 0 Å². The minimum absolute atomic E-state index is 0.200. The normalized spacial score (nSPS) is 13.9. The van der Waals surface area contributed by atoms with Crippen molar-refractivity contribution in [3.05, 3.63) is 0 Å². The van der Waals surface area contributed by atoms with E-state index in [1.165, 1.54) is 0 Å². The molecule has 0 bridgehead atoms. The summed E-state index contributed by atoms with van der Waals surface area (Å²) in [4.78, 5) is 22.4. The Morgan fingerprint density at radius 3 is 2.39 bits per heavy atom. The number of ether oxygens (including phenoxy) is 2. The Hall–Kier alpha value is -1.10. The molecular weight excluding hydrogens is 236 g/mol. The SMILES string of the molecule is CCCCOC(CC(=O)O)C(=O)OC(C)CCC. The van der Waals surface area contributed by atoms with E-state index in [9.17, 15) is 9.59 Å². The first-order chi connectivity index (χ1) is 8.51. The fourth-order valence-corrected chi connectivity index (χ4v) is 1.48. The molecule has 0 radical (unpaired) electrons. The van der Waals surface area contributed by atoms with Crippen LogP contribution in [-0.4, -0.2) is 35.9 Å². The highest BCUT2D eigenvalue weighted by molar-refractivity contribution is 5.81. The molecule has 0 fully saturated rings. The smallest absolute Gasteiger partial charge is 0.336 e. The first-order valence-corrected chi connectivity index (χ1v) is 6.55. The van der Waals surface area contributed by atoms with Gasteiger partial charge in [0.05, 0.1) is 12.5 Å². The van der Waals surface area contributed by atoms with Gasteiger partial charge in [0.1, 0.15) is 0 Å². The van der Waals surface area contributed by atoms with Crippen molar-refractivity contribution in [2.75, 3.05) is 6.61 Å². The third-order valence-electron chi connectivity index (χ3n) is 2.45. The second kappa shape index (κ2) is 9.88. The van der Waals surface area contributed by atoms with Crippen LogP contribution in [0.5, 0.6) is 0 Å². The van der Waals surface area contributed by atoms with Gasteiger partial charge in [-0.3, -0.25) is 4.79 Å². The van der Waals surface area contributed by atoms with Gasteiger partial charge in [-0.15, -0.1) is 0 Å². The molecule has 106 valence electrons. The molecule has 0 aromatic rings. The molecule has 0 amide bonds. The van der Waals surface area contributed by atoms with Gasteiger partial charge in [-0.2, -0.15) is 0 Å². The Morgan fingerprint density at radius 2 is 1.89 bits per heavy atom. The van der Waals surface area contributed by atoms with Crippen molar-refractivity contribution in [1.29, 1.82) is 0 Å². The van der Waals surface area contributed by atoms with E-state index >= 15 is 0 Å². The van der Waals surface area contributed by atoms with E-state index in [0.29, 0.717) is 6.61 Å². The second-order valence-corrected chi connectivity index (χ2v) is 4.35. The zero-order valence-electron chi connectivity index (χ0n) is 11.5. The fourth-order valence-electron chi connectivity index (χ4n) is 1.48. The number of carboxylic acid groups (broad SMARTS) is 1. The zero-order chi connectivity index (χ0) is 14.0. The van der Waals surface area contributed by atoms with Gasteiger partial charge in [-0.25, -0.2) is 4.79 Å². The molecular formula is C13H24O5. The van der Waals surface area contributed by atoms with E-state index in [0.717, 1.165) is 25.7 Å². The summed E-state index contributed by atoms with van der Waals surface area (Å²) >= 11 is 0. The summed E-state index contributed by atoms with van der Waals surface area (Å²) in [6.45, 7) is 6.17. The lowest BCUT2D eigenvalue weighted by molar-refractivity contribution is -0.166. The number of rotatable bonds is 10. The summed E-state index contributed by atoms with van der Waals surface area (Å²) in [7, 11) is 0. The predicted octanol–water partition coefficient (Wildman–Crippen LogP) is 2.38. The highest BCUT2D eigenvalue weighted by atomic mass is 16.6. The van der Waals surface area contributed by atoms with Crippen molar-refractivity contribution in [3.63, 3.8) is 0 Å². The first-order valence-electron chi connectivity index (χ1n) is 6.55. The molecule has 2 unspecified atom stereocenters. The van der Waals surface area contributed by atoms with Crippen molar-refractivity contribution < 1.29 is 24.2 Å². The molecule has 0 heterocycles. The second-order valence-electron chi connectivity index (χ2n) is 4.35. The van der Waals surface area contributed by atoms with E-state index in [-0.39, 0.29) is 12.5 Å². The molecule has 2 atom stereocenters. The van der Waals surface area contributed by atoms with Crippen LogP contribution in [0.3, 0.4) is 0 Å². The van der Waals surface area contributed by atoms with Crippen LogP contribution in [0, 0.1) is 0 Å². The van der Waals surface area contributed by atoms with Crippen LogP contribution in [0.4, 0.5) is 0 Å². The molecule has 18 heavy (non-hydrogen) atoms. The molecule has 0 spiro atoms. The topological polar surface area (TPSA) is 72.8 Å². The van der Waals surface area contributed by atoms with Crippen molar-refractivity contribution in [2.45, 2.75) is 65.1 Å². The Labute approximate surface area is 108 Å². The predicted molar refractivity (Wildman–Crippen MR) is 67.4 cm³/mol. The van der Waals surface area contributed by atoms with Crippen LogP contribution in [0.15, 0.2) is 0 Å². The number of unbranched alkanes of at least 4 members (excludes halogenated alkanes) is 1. The van der Waals surface area contributed by atoms with Crippen LogP contribution in [0.1, 0.15) is 52.9 Å². The molecule has 0 aromatic heterocycles. The molecule has 1 N–H and O–H groups in total. The van der Waals surface area contributed by atoms with Crippen molar-refractivity contribution in [2.24, 2.45) is 0 Å². The Kier molecular flexibility index (Phi) is 9.28. The quantitative estimate of drug-likeness (QED) is 0.482. The summed E-state index contributed by atoms with van der Waals surface area (Å²) in [5.74, 6) is -1.63. The Balaban J connectivity index is 4.25. The Morgan fingerprint density at radius 1 is 1.22 bits per heavy atom. The molecule has 0 aliphatic rings. The zero-order valence-corrected chi connectivity index (χ0v) is 11.5. The molecule has 0 aliphatic carbocycles. The number of carboxylic acids is 1. The van der Waals surface area contributed by atoms with Gasteiger partial charge in [-0.05, 0) is 19.8 Å². The van der Waals surface area contributed by atoms with Gasteiger partial charge in [0.15, 0.2) is 6.10 Å². The lowest BCUT2D eigenvalue weighted by Crippen LogP contribution is -2.32. The van der Waals surface area contributed by atoms with Gasteiger partial charge in [-0.1, -0.05) is 26.7 Å². The number of hydrogen-bond acceptors (Lipinski definition) is 4. The minimum atomic E-state index is -1.06. The highest BCUT2D eigenvalue weighted by Crippen LogP contribution is 2.08. The molecule has 0 saturated carbocycles. The maximum Gasteiger partial charge on any atom is 0.336 e. The summed E-state index contributed by atoms with van der Waals surface area (Å²) in [5, 5.41) is 8.74. The van der Waals surface area contributed by atoms with Gasteiger partial charge >= 0.3 is 11.9 Å². The van der Waals surface area contributed by atoms with Crippen LogP contribution >= 0.6 is 0 Å². The van der Waals surface area contributed by atoms with Crippen molar-refractivity contribution >= 4 is 11.9 Å². The molecule has 0 saturated heterocycles. The monoisotopic (exact) mass is 260 g/mol. The summed E-state index contributed by atoms with van der Waals surface area (Å²) in [5.41, 5.74) is 0. The third-order valence-corrected chi connectivity index (χ3v) is 2.45. The highest BCUT2D eigenvalue weighted by Gasteiger charge is 2.25. The maximum absolute atomic E-state index is 11.7. The number of aliphatic carboxylic acids is 1. The summed E-state index contributed by atoms with van der Waals surface area (Å²) in [6.07, 6.45) is 1.87. The maximum atomic E-state index is 11.7. The van der Waals surface area contributed by atoms with Crippen LogP contribution in [0.25, 0.3) is 0 Å². The average Bonchev–Trinajstić information content (AvgIpc) is 2.27. The van der Waals surface area contributed by atoms with Gasteiger partial charge < -0.3 is 14.6 Å². The number of carbonyl (C=O) groups excluding carboxylic acids is 1. The molecule has 5 nitrogen and oxygen atoms in total. The average molecular weight is 260 g/mol.